The van der Waals surface area contributed by atoms with Gasteiger partial charge in [-0.2, -0.15) is 0 Å². The van der Waals surface area contributed by atoms with E-state index in [4.69, 9.17) is 19.1 Å². The highest BCUT2D eigenvalue weighted by Gasteiger charge is 2.46. The number of hydrogen-bond acceptors (Lipinski definition) is 3. The number of aromatic nitrogens is 3. The first-order valence-electron chi connectivity index (χ1n) is 22.0. The largest absolute Gasteiger partial charge is 0.208 e. The van der Waals surface area contributed by atoms with Crippen LogP contribution in [0.5, 0.6) is 0 Å². The van der Waals surface area contributed by atoms with Gasteiger partial charge < -0.3 is 0 Å². The predicted octanol–water partition coefficient (Wildman–Crippen LogP) is 13.1. The molecule has 0 aliphatic heterocycles. The zero-order valence-electron chi connectivity index (χ0n) is 37.2. The molecule has 0 radical (unpaired) electrons. The fraction of sp³-hybridized carbons (Fsp3) is 0.0727. The second kappa shape index (κ2) is 14.7. The third kappa shape index (κ3) is 6.52. The van der Waals surface area contributed by atoms with E-state index < -0.39 is 13.5 Å². The molecule has 1 aliphatic carbocycles. The Morgan fingerprint density at radius 3 is 1.34 bits per heavy atom. The molecule has 282 valence electrons. The van der Waals surface area contributed by atoms with Crippen molar-refractivity contribution in [2.24, 2.45) is 0 Å². The van der Waals surface area contributed by atoms with Crippen LogP contribution in [0.1, 0.15) is 27.7 Å². The first-order valence-corrected chi connectivity index (χ1v) is 23.5. The number of hydrogen-bond donors (Lipinski definition) is 0. The minimum absolute atomic E-state index is 0.00441. The van der Waals surface area contributed by atoms with Crippen LogP contribution in [0.4, 0.5) is 0 Å². The van der Waals surface area contributed by atoms with Gasteiger partial charge in [-0.3, -0.25) is 0 Å². The van der Waals surface area contributed by atoms with Gasteiger partial charge in [-0.25, -0.2) is 15.0 Å². The first kappa shape index (κ1) is 32.0. The van der Waals surface area contributed by atoms with Gasteiger partial charge in [0.05, 0.1) is 19.0 Å². The average Bonchev–Trinajstić information content (AvgIpc) is 3.61. The van der Waals surface area contributed by atoms with E-state index in [-0.39, 0.29) is 24.2 Å². The van der Waals surface area contributed by atoms with Crippen molar-refractivity contribution in [3.8, 4) is 67.5 Å². The summed E-state index contributed by atoms with van der Waals surface area (Å²) in [4.78, 5) is 15.0. The molecule has 0 bridgehead atoms. The van der Waals surface area contributed by atoms with Crippen LogP contribution in [-0.2, 0) is 5.41 Å². The number of fused-ring (bicyclic) bond motifs is 3. The zero-order chi connectivity index (χ0) is 43.5. The maximum Gasteiger partial charge on any atom is 0.164 e. The Balaban J connectivity index is 1.18. The molecule has 0 saturated carbocycles. The molecule has 0 fully saturated rings. The second-order valence-corrected chi connectivity index (χ2v) is 21.1. The van der Waals surface area contributed by atoms with Crippen molar-refractivity contribution in [1.29, 1.82) is 0 Å². The minimum atomic E-state index is -2.24. The van der Waals surface area contributed by atoms with E-state index in [1.165, 1.54) is 0 Å². The first-order chi connectivity index (χ1) is 30.5. The van der Waals surface area contributed by atoms with Gasteiger partial charge >= 0.3 is 0 Å². The zero-order valence-corrected chi connectivity index (χ0v) is 34.2. The minimum Gasteiger partial charge on any atom is -0.208 e. The summed E-state index contributed by atoms with van der Waals surface area (Å²) >= 11 is 0. The maximum absolute atomic E-state index is 9.48. The SMILES string of the molecule is [2H]c1c([2H])c(-c2ccc3c(c2)C(c2ccccc2)(c2ccccc2)c2cc(-c4cccc(-c5nc(-c6ccccc6)nc(-c6ccccc6)n5)c4)ccc2-3)c([2H])c([Si](C)(C)C)c1[2H]. The molecule has 10 rings (SSSR count). The average molecular weight is 778 g/mol. The van der Waals surface area contributed by atoms with Crippen molar-refractivity contribution in [3.05, 3.63) is 228 Å². The van der Waals surface area contributed by atoms with Gasteiger partial charge in [0.2, 0.25) is 0 Å². The van der Waals surface area contributed by atoms with Crippen molar-refractivity contribution in [1.82, 2.24) is 15.0 Å². The van der Waals surface area contributed by atoms with Crippen molar-refractivity contribution >= 4 is 13.3 Å². The summed E-state index contributed by atoms with van der Waals surface area (Å²) < 4.78 is 36.4. The summed E-state index contributed by atoms with van der Waals surface area (Å²) in [6.07, 6.45) is 0. The molecule has 8 aromatic carbocycles. The molecule has 0 unspecified atom stereocenters. The molecule has 9 aromatic rings. The van der Waals surface area contributed by atoms with Crippen LogP contribution in [0.2, 0.25) is 19.6 Å². The molecule has 3 nitrogen and oxygen atoms in total. The Bertz CT molecular complexity index is 3090. The quantitative estimate of drug-likeness (QED) is 0.144. The lowest BCUT2D eigenvalue weighted by molar-refractivity contribution is 0.769. The van der Waals surface area contributed by atoms with Crippen molar-refractivity contribution in [2.45, 2.75) is 25.1 Å². The molecule has 59 heavy (non-hydrogen) atoms. The number of rotatable bonds is 8. The maximum atomic E-state index is 9.48. The van der Waals surface area contributed by atoms with Crippen LogP contribution in [0, 0.1) is 0 Å². The number of nitrogens with zero attached hydrogens (tertiary/aromatic N) is 3. The normalized spacial score (nSPS) is 13.7. The molecule has 1 aliphatic rings. The van der Waals surface area contributed by atoms with E-state index in [2.05, 4.69) is 123 Å². The van der Waals surface area contributed by atoms with Gasteiger partial charge in [-0.15, -0.1) is 0 Å². The van der Waals surface area contributed by atoms with Gasteiger partial charge in [-0.1, -0.05) is 213 Å². The third-order valence-electron chi connectivity index (χ3n) is 11.4. The highest BCUT2D eigenvalue weighted by Crippen LogP contribution is 2.57. The van der Waals surface area contributed by atoms with Crippen LogP contribution in [0.15, 0.2) is 206 Å². The molecule has 0 amide bonds. The fourth-order valence-electron chi connectivity index (χ4n) is 8.46. The van der Waals surface area contributed by atoms with E-state index >= 15 is 0 Å². The van der Waals surface area contributed by atoms with E-state index in [0.717, 1.165) is 61.2 Å². The standard InChI is InChI=1S/C55H43N3Si/c1-59(2,3)47-29-17-23-41(35-47)43-31-33-49-48-32-30-42(36-50(48)55(51(49)37-43,45-25-12-6-13-26-45)46-27-14-7-15-28-46)40-22-16-24-44(34-40)54-57-52(38-18-8-4-9-19-38)56-53(58-54)39-20-10-5-11-21-39/h4-37H,1-3H3/i17D,23D,29D,35D. The van der Waals surface area contributed by atoms with Gasteiger partial charge in [-0.05, 0) is 73.8 Å². The third-order valence-corrected chi connectivity index (χ3v) is 13.1. The van der Waals surface area contributed by atoms with Gasteiger partial charge in [0, 0.05) is 16.7 Å². The fourth-order valence-corrected chi connectivity index (χ4v) is 9.40. The summed E-state index contributed by atoms with van der Waals surface area (Å²) in [5.41, 5.74) is 11.6. The highest BCUT2D eigenvalue weighted by atomic mass is 28.3. The molecule has 1 aromatic heterocycles. The monoisotopic (exact) mass is 777 g/mol. The lowest BCUT2D eigenvalue weighted by Gasteiger charge is -2.34. The molecular weight excluding hydrogens is 731 g/mol. The van der Waals surface area contributed by atoms with E-state index in [1.807, 2.05) is 78.9 Å². The van der Waals surface area contributed by atoms with Crippen LogP contribution in [-0.4, -0.2) is 23.0 Å². The summed E-state index contributed by atoms with van der Waals surface area (Å²) in [7, 11) is -2.24. The lowest BCUT2D eigenvalue weighted by atomic mass is 9.67. The van der Waals surface area contributed by atoms with Gasteiger partial charge in [0.1, 0.15) is 0 Å². The Morgan fingerprint density at radius 1 is 0.407 bits per heavy atom. The highest BCUT2D eigenvalue weighted by molar-refractivity contribution is 6.88. The van der Waals surface area contributed by atoms with Gasteiger partial charge in [0.15, 0.2) is 17.5 Å². The smallest absolute Gasteiger partial charge is 0.164 e. The topological polar surface area (TPSA) is 38.7 Å². The van der Waals surface area contributed by atoms with E-state index in [0.29, 0.717) is 33.8 Å². The molecule has 0 atom stereocenters. The van der Waals surface area contributed by atoms with Crippen LogP contribution in [0.3, 0.4) is 0 Å². The van der Waals surface area contributed by atoms with Crippen LogP contribution in [0.25, 0.3) is 67.5 Å². The van der Waals surface area contributed by atoms with Crippen molar-refractivity contribution in [3.63, 3.8) is 0 Å². The molecular formula is C55H43N3Si. The van der Waals surface area contributed by atoms with Crippen molar-refractivity contribution < 1.29 is 5.48 Å². The Labute approximate surface area is 353 Å². The molecule has 0 spiro atoms. The molecule has 4 heteroatoms. The summed E-state index contributed by atoms with van der Waals surface area (Å²) in [6, 6.07) is 62.5. The number of benzene rings is 8. The van der Waals surface area contributed by atoms with E-state index in [9.17, 15) is 1.37 Å². The Morgan fingerprint density at radius 2 is 0.831 bits per heavy atom. The molecule has 1 heterocycles. The summed E-state index contributed by atoms with van der Waals surface area (Å²) in [6.45, 7) is 6.30. The van der Waals surface area contributed by atoms with E-state index in [1.54, 1.807) is 0 Å². The predicted molar refractivity (Wildman–Crippen MR) is 247 cm³/mol. The second-order valence-electron chi connectivity index (χ2n) is 16.1. The Hall–Kier alpha value is -7.01. The summed E-state index contributed by atoms with van der Waals surface area (Å²) in [5.74, 6) is 1.80. The molecule has 0 N–H and O–H groups in total. The van der Waals surface area contributed by atoms with Crippen molar-refractivity contribution in [2.75, 3.05) is 0 Å². The molecule has 0 saturated heterocycles. The Kier molecular flexibility index (Phi) is 7.99. The van der Waals surface area contributed by atoms with Crippen LogP contribution < -0.4 is 5.19 Å². The van der Waals surface area contributed by atoms with Crippen LogP contribution >= 0.6 is 0 Å². The van der Waals surface area contributed by atoms with Gasteiger partial charge in [0.25, 0.3) is 0 Å². The lowest BCUT2D eigenvalue weighted by Crippen LogP contribution is -2.37. The summed E-state index contributed by atoms with van der Waals surface area (Å²) in [5, 5.41) is 0.608.